The Labute approximate surface area is 217 Å². The predicted octanol–water partition coefficient (Wildman–Crippen LogP) is 4.16. The molecule has 3 aromatic rings. The van der Waals surface area contributed by atoms with Crippen LogP contribution in [-0.4, -0.2) is 73.0 Å². The van der Waals surface area contributed by atoms with Crippen LogP contribution in [0.25, 0.3) is 11.1 Å². The summed E-state index contributed by atoms with van der Waals surface area (Å²) >= 11 is 0. The van der Waals surface area contributed by atoms with Gasteiger partial charge in [0.25, 0.3) is 5.91 Å². The summed E-state index contributed by atoms with van der Waals surface area (Å²) in [7, 11) is 1.67. The van der Waals surface area contributed by atoms with Crippen molar-refractivity contribution in [1.29, 1.82) is 0 Å². The number of carbonyl (C=O) groups is 1. The van der Waals surface area contributed by atoms with Crippen molar-refractivity contribution < 1.29 is 24.1 Å². The second-order valence-electron chi connectivity index (χ2n) is 9.96. The fourth-order valence-corrected chi connectivity index (χ4v) is 6.02. The number of hydrogen-bond acceptors (Lipinski definition) is 6. The van der Waals surface area contributed by atoms with E-state index >= 15 is 0 Å². The Morgan fingerprint density at radius 3 is 2.38 bits per heavy atom. The first-order chi connectivity index (χ1) is 18.2. The first-order valence-corrected chi connectivity index (χ1v) is 13.0. The Hall–Kier alpha value is -3.55. The lowest BCUT2D eigenvalue weighted by Crippen LogP contribution is -2.67. The van der Waals surface area contributed by atoms with Gasteiger partial charge in [-0.2, -0.15) is 0 Å². The molecule has 0 radical (unpaired) electrons. The molecule has 0 aliphatic carbocycles. The molecule has 37 heavy (non-hydrogen) atoms. The summed E-state index contributed by atoms with van der Waals surface area (Å²) in [5.74, 6) is 2.32. The second-order valence-corrected chi connectivity index (χ2v) is 9.96. The monoisotopic (exact) mass is 500 g/mol. The number of aliphatic hydroxyl groups is 1. The van der Waals surface area contributed by atoms with Gasteiger partial charge in [-0.25, -0.2) is 0 Å². The van der Waals surface area contributed by atoms with Crippen LogP contribution < -0.4 is 14.2 Å². The zero-order valence-corrected chi connectivity index (χ0v) is 21.0. The molecule has 7 heteroatoms. The molecule has 0 saturated carbocycles. The molecule has 3 aliphatic heterocycles. The third kappa shape index (κ3) is 4.43. The highest BCUT2D eigenvalue weighted by Crippen LogP contribution is 2.43. The summed E-state index contributed by atoms with van der Waals surface area (Å²) in [5, 5.41) is 10.3. The van der Waals surface area contributed by atoms with Crippen LogP contribution in [0.4, 0.5) is 0 Å². The smallest absolute Gasteiger partial charge is 0.254 e. The van der Waals surface area contributed by atoms with Crippen molar-refractivity contribution in [2.75, 3.05) is 40.1 Å². The minimum atomic E-state index is 0.0150. The molecule has 3 heterocycles. The maximum Gasteiger partial charge on any atom is 0.254 e. The first kappa shape index (κ1) is 23.8. The van der Waals surface area contributed by atoms with Gasteiger partial charge in [0.05, 0.1) is 13.7 Å². The van der Waals surface area contributed by atoms with E-state index in [2.05, 4.69) is 41.3 Å². The predicted molar refractivity (Wildman–Crippen MR) is 140 cm³/mol. The maximum atomic E-state index is 13.5. The number of aliphatic hydroxyl groups excluding tert-OH is 1. The number of carbonyl (C=O) groups excluding carboxylic acids is 1. The average molecular weight is 501 g/mol. The van der Waals surface area contributed by atoms with E-state index in [1.165, 1.54) is 5.56 Å². The van der Waals surface area contributed by atoms with Crippen LogP contribution in [0.15, 0.2) is 66.7 Å². The zero-order chi connectivity index (χ0) is 25.4. The molecule has 0 bridgehead atoms. The summed E-state index contributed by atoms with van der Waals surface area (Å²) < 4.78 is 16.2. The molecule has 3 aromatic carbocycles. The number of nitrogens with zero attached hydrogens (tertiary/aromatic N) is 2. The van der Waals surface area contributed by atoms with E-state index in [-0.39, 0.29) is 37.3 Å². The number of fused-ring (bicyclic) bond motifs is 2. The van der Waals surface area contributed by atoms with Crippen molar-refractivity contribution in [1.82, 2.24) is 9.80 Å². The molecule has 3 aliphatic rings. The van der Waals surface area contributed by atoms with Crippen molar-refractivity contribution >= 4 is 5.91 Å². The van der Waals surface area contributed by atoms with Crippen molar-refractivity contribution in [2.45, 2.75) is 30.8 Å². The lowest BCUT2D eigenvalue weighted by Gasteiger charge is -2.57. The Balaban J connectivity index is 1.23. The van der Waals surface area contributed by atoms with Gasteiger partial charge in [0.1, 0.15) is 5.75 Å². The highest BCUT2D eigenvalue weighted by atomic mass is 16.7. The van der Waals surface area contributed by atoms with Gasteiger partial charge in [-0.3, -0.25) is 9.69 Å². The van der Waals surface area contributed by atoms with Crippen LogP contribution in [0.1, 0.15) is 34.7 Å². The SMILES string of the molecule is COc1ccc(-c2ccc([C@@H]3[C@H](CO)N4CCCCN(C(=O)c5ccc6c(c5)OCO6)C[C@@H]34)cc2)cc1. The summed E-state index contributed by atoms with van der Waals surface area (Å²) in [6, 6.07) is 22.3. The van der Waals surface area contributed by atoms with Crippen LogP contribution in [0, 0.1) is 0 Å². The number of rotatable bonds is 5. The Kier molecular flexibility index (Phi) is 6.49. The lowest BCUT2D eigenvalue weighted by atomic mass is 9.74. The van der Waals surface area contributed by atoms with Crippen molar-refractivity contribution in [3.63, 3.8) is 0 Å². The third-order valence-corrected chi connectivity index (χ3v) is 8.00. The van der Waals surface area contributed by atoms with Crippen molar-refractivity contribution in [3.8, 4) is 28.4 Å². The standard InChI is InChI=1S/C30H32N2O5/c1-35-24-11-8-21(9-12-24)20-4-6-22(7-5-20)29-25-17-31(14-2-3-15-32(25)26(29)18-33)30(34)23-10-13-27-28(16-23)37-19-36-27/h4-13,16,25-26,29,33H,2-3,14-15,17-19H2,1H3/t25-,26-,29-/m0/s1. The van der Waals surface area contributed by atoms with E-state index in [0.29, 0.717) is 23.6 Å². The highest BCUT2D eigenvalue weighted by molar-refractivity contribution is 5.95. The van der Waals surface area contributed by atoms with Gasteiger partial charge in [0, 0.05) is 36.7 Å². The molecule has 192 valence electrons. The van der Waals surface area contributed by atoms with E-state index < -0.39 is 0 Å². The van der Waals surface area contributed by atoms with Gasteiger partial charge in [-0.1, -0.05) is 36.4 Å². The molecule has 0 aromatic heterocycles. The topological polar surface area (TPSA) is 71.5 Å². The molecule has 1 amide bonds. The second kappa shape index (κ2) is 10.1. The first-order valence-electron chi connectivity index (χ1n) is 13.0. The van der Waals surface area contributed by atoms with Crippen LogP contribution in [0.5, 0.6) is 17.2 Å². The van der Waals surface area contributed by atoms with Gasteiger partial charge in [-0.15, -0.1) is 0 Å². The Morgan fingerprint density at radius 1 is 0.946 bits per heavy atom. The van der Waals surface area contributed by atoms with Gasteiger partial charge in [0.15, 0.2) is 11.5 Å². The van der Waals surface area contributed by atoms with Crippen molar-refractivity contribution in [3.05, 3.63) is 77.9 Å². The van der Waals surface area contributed by atoms with Gasteiger partial charge in [0.2, 0.25) is 6.79 Å². The minimum Gasteiger partial charge on any atom is -0.497 e. The normalized spacial score (nSPS) is 23.0. The fraction of sp³-hybridized carbons (Fsp3) is 0.367. The highest BCUT2D eigenvalue weighted by Gasteiger charge is 2.49. The molecular weight excluding hydrogens is 468 g/mol. The van der Waals surface area contributed by atoms with E-state index in [0.717, 1.165) is 42.8 Å². The molecule has 3 atom stereocenters. The average Bonchev–Trinajstić information content (AvgIpc) is 3.40. The molecule has 2 fully saturated rings. The maximum absolute atomic E-state index is 13.5. The quantitative estimate of drug-likeness (QED) is 0.568. The minimum absolute atomic E-state index is 0.0150. The van der Waals surface area contributed by atoms with E-state index in [4.69, 9.17) is 14.2 Å². The van der Waals surface area contributed by atoms with Gasteiger partial charge >= 0.3 is 0 Å². The summed E-state index contributed by atoms with van der Waals surface area (Å²) in [6.45, 7) is 2.61. The lowest BCUT2D eigenvalue weighted by molar-refractivity contribution is -0.0606. The number of hydrogen-bond donors (Lipinski definition) is 1. The van der Waals surface area contributed by atoms with E-state index in [1.807, 2.05) is 29.2 Å². The number of benzene rings is 3. The molecule has 2 saturated heterocycles. The molecule has 7 nitrogen and oxygen atoms in total. The van der Waals surface area contributed by atoms with Crippen LogP contribution in [0.3, 0.4) is 0 Å². The van der Waals surface area contributed by atoms with Crippen LogP contribution >= 0.6 is 0 Å². The Morgan fingerprint density at radius 2 is 1.65 bits per heavy atom. The summed E-state index contributed by atoms with van der Waals surface area (Å²) in [4.78, 5) is 17.9. The molecule has 6 rings (SSSR count). The number of amides is 1. The molecule has 1 N–H and O–H groups in total. The summed E-state index contributed by atoms with van der Waals surface area (Å²) in [5.41, 5.74) is 4.09. The van der Waals surface area contributed by atoms with E-state index in [9.17, 15) is 9.90 Å². The van der Waals surface area contributed by atoms with Gasteiger partial charge in [-0.05, 0) is 66.4 Å². The fourth-order valence-electron chi connectivity index (χ4n) is 6.02. The molecule has 0 spiro atoms. The van der Waals surface area contributed by atoms with Crippen LogP contribution in [0.2, 0.25) is 0 Å². The molecule has 0 unspecified atom stereocenters. The number of ether oxygens (including phenoxy) is 3. The van der Waals surface area contributed by atoms with Gasteiger partial charge < -0.3 is 24.2 Å². The third-order valence-electron chi connectivity index (χ3n) is 8.00. The Bertz CT molecular complexity index is 1260. The largest absolute Gasteiger partial charge is 0.497 e. The van der Waals surface area contributed by atoms with Crippen LogP contribution in [-0.2, 0) is 0 Å². The molecular formula is C30H32N2O5. The zero-order valence-electron chi connectivity index (χ0n) is 21.0. The summed E-state index contributed by atoms with van der Waals surface area (Å²) in [6.07, 6.45) is 1.94. The number of methoxy groups -OCH3 is 1. The van der Waals surface area contributed by atoms with Crippen molar-refractivity contribution in [2.24, 2.45) is 0 Å². The van der Waals surface area contributed by atoms with E-state index in [1.54, 1.807) is 13.2 Å².